The van der Waals surface area contributed by atoms with Gasteiger partial charge in [0.1, 0.15) is 64.4 Å². The lowest BCUT2D eigenvalue weighted by molar-refractivity contribution is -0.138. The highest BCUT2D eigenvalue weighted by atomic mass is 32.1. The fourth-order valence-corrected chi connectivity index (χ4v) is 9.02. The SMILES string of the molecule is C[C@H](c1cc(F)cnc1N)N1CCOc2c(C(F)(F)F)c(-c3ccc(F)c4sc(N)c(C#N)c34)c(F)c3nc(OC[C@@]45CCCN4CC(=C(F)F)C5)nc1c23. The van der Waals surface area contributed by atoms with E-state index in [1.54, 1.807) is 13.0 Å². The van der Waals surface area contributed by atoms with Crippen LogP contribution in [0.1, 0.15) is 48.9 Å². The Morgan fingerprint density at radius 1 is 1.15 bits per heavy atom. The van der Waals surface area contributed by atoms with E-state index >= 15 is 22.0 Å². The van der Waals surface area contributed by atoms with Gasteiger partial charge in [-0.1, -0.05) is 6.07 Å². The minimum atomic E-state index is -5.32. The summed E-state index contributed by atoms with van der Waals surface area (Å²) in [6.07, 6.45) is -5.06. The molecule has 55 heavy (non-hydrogen) atoms. The van der Waals surface area contributed by atoms with E-state index in [-0.39, 0.29) is 69.5 Å². The number of thiophene rings is 1. The molecule has 4 N–H and O–H groups in total. The summed E-state index contributed by atoms with van der Waals surface area (Å²) in [5, 5.41) is 8.87. The third-order valence-corrected chi connectivity index (χ3v) is 11.6. The number of nitriles is 1. The van der Waals surface area contributed by atoms with E-state index in [0.29, 0.717) is 30.7 Å². The van der Waals surface area contributed by atoms with Gasteiger partial charge in [0.2, 0.25) is 0 Å². The normalized spacial score (nSPS) is 19.1. The van der Waals surface area contributed by atoms with Crippen molar-refractivity contribution in [3.05, 3.63) is 70.2 Å². The van der Waals surface area contributed by atoms with Crippen molar-refractivity contribution in [3.63, 3.8) is 0 Å². The summed E-state index contributed by atoms with van der Waals surface area (Å²) in [4.78, 5) is 15.9. The van der Waals surface area contributed by atoms with Crippen LogP contribution < -0.4 is 25.8 Å². The van der Waals surface area contributed by atoms with Gasteiger partial charge < -0.3 is 25.8 Å². The van der Waals surface area contributed by atoms with E-state index < -0.39 is 87.2 Å². The highest BCUT2D eigenvalue weighted by molar-refractivity contribution is 7.23. The number of nitrogen functional groups attached to an aromatic ring is 2. The van der Waals surface area contributed by atoms with Gasteiger partial charge in [0.05, 0.1) is 40.0 Å². The van der Waals surface area contributed by atoms with Crippen molar-refractivity contribution in [1.82, 2.24) is 19.9 Å². The lowest BCUT2D eigenvalue weighted by Crippen LogP contribution is -2.43. The van der Waals surface area contributed by atoms with E-state index in [1.165, 1.54) is 4.90 Å². The molecule has 10 nitrogen and oxygen atoms in total. The zero-order valence-electron chi connectivity index (χ0n) is 28.6. The van der Waals surface area contributed by atoms with Crippen LogP contribution in [0.15, 0.2) is 36.0 Å². The molecule has 3 aliphatic rings. The highest BCUT2D eigenvalue weighted by Gasteiger charge is 2.49. The minimum Gasteiger partial charge on any atom is -0.490 e. The van der Waals surface area contributed by atoms with Crippen molar-refractivity contribution in [2.24, 2.45) is 0 Å². The Bertz CT molecular complexity index is 2500. The molecule has 5 aromatic rings. The standard InChI is InChI=1S/C36H28F8N8O2S/c1-15(19-9-17(37)12-48-31(19)46)52-7-8-53-28-24-27(49-34(50-33(24)52)54-14-35-5-2-6-51(35)13-16(10-35)30(40)41)26(39)23(25(28)36(42,43)44)18-3-4-21(38)29-22(18)20(11-45)32(47)55-29/h3-4,9,12,15H,2,5-8,10,13-14,47H2,1H3,(H2,46,48)/t15-,35+/m1/s1. The van der Waals surface area contributed by atoms with Gasteiger partial charge in [0.15, 0.2) is 5.82 Å². The van der Waals surface area contributed by atoms with Crippen LogP contribution in [0.2, 0.25) is 0 Å². The van der Waals surface area contributed by atoms with Gasteiger partial charge in [-0.25, -0.2) is 18.2 Å². The fraction of sp³-hybridized carbons (Fsp3) is 0.333. The van der Waals surface area contributed by atoms with Crippen molar-refractivity contribution in [3.8, 4) is 29.0 Å². The number of benzene rings is 2. The fourth-order valence-electron chi connectivity index (χ4n) is 8.07. The van der Waals surface area contributed by atoms with Crippen molar-refractivity contribution in [2.75, 3.05) is 49.2 Å². The molecule has 6 heterocycles. The molecule has 2 atom stereocenters. The Kier molecular flexibility index (Phi) is 8.68. The first-order chi connectivity index (χ1) is 26.1. The van der Waals surface area contributed by atoms with Crippen molar-refractivity contribution < 1.29 is 44.6 Å². The van der Waals surface area contributed by atoms with Gasteiger partial charge in [-0.2, -0.15) is 37.2 Å². The minimum absolute atomic E-state index is 0.0121. The molecule has 0 unspecified atom stereocenters. The van der Waals surface area contributed by atoms with Crippen LogP contribution in [0.25, 0.3) is 32.1 Å². The number of pyridine rings is 1. The first-order valence-corrected chi connectivity index (χ1v) is 17.7. The van der Waals surface area contributed by atoms with Gasteiger partial charge in [-0.3, -0.25) is 4.90 Å². The van der Waals surface area contributed by atoms with E-state index in [1.807, 2.05) is 4.90 Å². The molecular formula is C36H28F8N8O2S. The smallest absolute Gasteiger partial charge is 0.420 e. The molecule has 2 aromatic carbocycles. The largest absolute Gasteiger partial charge is 0.490 e. The summed E-state index contributed by atoms with van der Waals surface area (Å²) < 4.78 is 132. The number of alkyl halides is 3. The molecule has 0 radical (unpaired) electrons. The summed E-state index contributed by atoms with van der Waals surface area (Å²) >= 11 is 0.619. The predicted molar refractivity (Wildman–Crippen MR) is 187 cm³/mol. The molecule has 0 spiro atoms. The number of nitrogens with two attached hydrogens (primary N) is 2. The molecule has 8 rings (SSSR count). The van der Waals surface area contributed by atoms with Gasteiger partial charge in [-0.15, -0.1) is 11.3 Å². The number of aromatic nitrogens is 3. The Labute approximate surface area is 310 Å². The van der Waals surface area contributed by atoms with Crippen LogP contribution >= 0.6 is 11.3 Å². The van der Waals surface area contributed by atoms with Gasteiger partial charge >= 0.3 is 12.2 Å². The molecule has 3 aliphatic heterocycles. The second kappa shape index (κ2) is 13.1. The van der Waals surface area contributed by atoms with Crippen molar-refractivity contribution in [2.45, 2.75) is 43.9 Å². The molecule has 0 saturated carbocycles. The number of hydrogen-bond donors (Lipinski definition) is 2. The van der Waals surface area contributed by atoms with Crippen LogP contribution in [0, 0.1) is 28.8 Å². The van der Waals surface area contributed by atoms with Crippen LogP contribution in [0.5, 0.6) is 11.8 Å². The lowest BCUT2D eigenvalue weighted by atomic mass is 9.91. The summed E-state index contributed by atoms with van der Waals surface area (Å²) in [5.74, 6) is -4.41. The molecule has 2 fully saturated rings. The molecule has 0 bridgehead atoms. The van der Waals surface area contributed by atoms with Gasteiger partial charge in [0, 0.05) is 28.6 Å². The number of fused-ring (bicyclic) bond motifs is 2. The zero-order chi connectivity index (χ0) is 39.1. The molecule has 0 amide bonds. The maximum absolute atomic E-state index is 17.4. The van der Waals surface area contributed by atoms with Crippen LogP contribution in [-0.4, -0.2) is 58.2 Å². The number of ether oxygens (including phenoxy) is 2. The molecule has 19 heteroatoms. The molecule has 3 aromatic heterocycles. The summed E-state index contributed by atoms with van der Waals surface area (Å²) in [6.45, 7) is 1.26. The van der Waals surface area contributed by atoms with E-state index in [2.05, 4.69) is 15.0 Å². The third kappa shape index (κ3) is 5.80. The predicted octanol–water partition coefficient (Wildman–Crippen LogP) is 8.11. The molecule has 0 aliphatic carbocycles. The maximum atomic E-state index is 17.4. The molecular weight excluding hydrogens is 761 g/mol. The molecule has 286 valence electrons. The summed E-state index contributed by atoms with van der Waals surface area (Å²) in [5.41, 5.74) is 7.09. The highest BCUT2D eigenvalue weighted by Crippen LogP contribution is 2.54. The first kappa shape index (κ1) is 36.5. The molecule has 2 saturated heterocycles. The Balaban J connectivity index is 1.40. The number of anilines is 3. The van der Waals surface area contributed by atoms with E-state index in [0.717, 1.165) is 24.4 Å². The first-order valence-electron chi connectivity index (χ1n) is 16.9. The van der Waals surface area contributed by atoms with Crippen molar-refractivity contribution in [1.29, 1.82) is 5.26 Å². The number of hydrogen-bond acceptors (Lipinski definition) is 11. The van der Waals surface area contributed by atoms with Gasteiger partial charge in [-0.05, 0) is 50.4 Å². The second-order valence-electron chi connectivity index (χ2n) is 13.6. The summed E-state index contributed by atoms with van der Waals surface area (Å²) in [6, 6.07) is 3.21. The quantitative estimate of drug-likeness (QED) is 0.162. The third-order valence-electron chi connectivity index (χ3n) is 10.6. The Morgan fingerprint density at radius 3 is 2.65 bits per heavy atom. The average Bonchev–Trinajstić information content (AvgIpc) is 3.76. The Morgan fingerprint density at radius 2 is 1.93 bits per heavy atom. The van der Waals surface area contributed by atoms with Crippen LogP contribution in [-0.2, 0) is 6.18 Å². The number of nitrogens with zero attached hydrogens (tertiary/aromatic N) is 6. The van der Waals surface area contributed by atoms with Gasteiger partial charge in [0.25, 0.3) is 6.08 Å². The zero-order valence-corrected chi connectivity index (χ0v) is 29.4. The van der Waals surface area contributed by atoms with Crippen molar-refractivity contribution >= 4 is 49.0 Å². The monoisotopic (exact) mass is 788 g/mol. The van der Waals surface area contributed by atoms with E-state index in [9.17, 15) is 18.4 Å². The number of rotatable bonds is 6. The second-order valence-corrected chi connectivity index (χ2v) is 14.7. The van der Waals surface area contributed by atoms with E-state index in [4.69, 9.17) is 20.9 Å². The average molecular weight is 789 g/mol. The maximum Gasteiger partial charge on any atom is 0.420 e. The Hall–Kier alpha value is -5.48. The summed E-state index contributed by atoms with van der Waals surface area (Å²) in [7, 11) is 0. The van der Waals surface area contributed by atoms with Crippen LogP contribution in [0.4, 0.5) is 51.8 Å². The van der Waals surface area contributed by atoms with Crippen LogP contribution in [0.3, 0.4) is 0 Å². The lowest BCUT2D eigenvalue weighted by Gasteiger charge is -2.32. The topological polar surface area (TPSA) is 139 Å². The number of halogens is 8.